The highest BCUT2D eigenvalue weighted by Crippen LogP contribution is 2.31. The molecule has 0 spiro atoms. The predicted octanol–water partition coefficient (Wildman–Crippen LogP) is 3.65. The first-order valence-electron chi connectivity index (χ1n) is 7.89. The summed E-state index contributed by atoms with van der Waals surface area (Å²) in [5.41, 5.74) is 1.89. The first-order valence-corrected chi connectivity index (χ1v) is 7.89. The summed E-state index contributed by atoms with van der Waals surface area (Å²) in [6.45, 7) is 2.48. The average Bonchev–Trinajstić information content (AvgIpc) is 2.64. The summed E-state index contributed by atoms with van der Waals surface area (Å²) >= 11 is 0. The number of esters is 1. The van der Waals surface area contributed by atoms with Gasteiger partial charge in [0.25, 0.3) is 0 Å². The molecule has 5 heteroatoms. The highest BCUT2D eigenvalue weighted by atomic mass is 16.6. The summed E-state index contributed by atoms with van der Waals surface area (Å²) in [5.74, 6) is 1.47. The first-order chi connectivity index (χ1) is 12.1. The Morgan fingerprint density at radius 1 is 1.00 bits per heavy atom. The van der Waals surface area contributed by atoms with Gasteiger partial charge < -0.3 is 18.9 Å². The SMILES string of the molecule is COc1cccc(/C=C/C(=O)OCCOc2ccc(C)cc2)c1OC. The van der Waals surface area contributed by atoms with E-state index in [0.717, 1.165) is 16.9 Å². The van der Waals surface area contributed by atoms with Gasteiger partial charge in [-0.2, -0.15) is 0 Å². The van der Waals surface area contributed by atoms with Gasteiger partial charge in [0.2, 0.25) is 0 Å². The van der Waals surface area contributed by atoms with Crippen molar-refractivity contribution in [2.24, 2.45) is 0 Å². The van der Waals surface area contributed by atoms with Crippen LogP contribution in [0.15, 0.2) is 48.5 Å². The Morgan fingerprint density at radius 2 is 1.76 bits per heavy atom. The number of rotatable bonds is 8. The van der Waals surface area contributed by atoms with Crippen LogP contribution in [0.4, 0.5) is 0 Å². The highest BCUT2D eigenvalue weighted by molar-refractivity contribution is 5.87. The molecular weight excluding hydrogens is 320 g/mol. The van der Waals surface area contributed by atoms with Crippen LogP contribution in [0.5, 0.6) is 17.2 Å². The Labute approximate surface area is 147 Å². The highest BCUT2D eigenvalue weighted by Gasteiger charge is 2.07. The van der Waals surface area contributed by atoms with E-state index >= 15 is 0 Å². The molecule has 0 radical (unpaired) electrons. The molecule has 0 saturated heterocycles. The second kappa shape index (κ2) is 9.37. The van der Waals surface area contributed by atoms with Crippen LogP contribution in [0.25, 0.3) is 6.08 Å². The molecule has 0 fully saturated rings. The summed E-state index contributed by atoms with van der Waals surface area (Å²) in [7, 11) is 3.11. The van der Waals surface area contributed by atoms with Crippen molar-refractivity contribution in [1.82, 2.24) is 0 Å². The molecule has 2 rings (SSSR count). The molecule has 0 saturated carbocycles. The van der Waals surface area contributed by atoms with Gasteiger partial charge in [0.1, 0.15) is 19.0 Å². The number of benzene rings is 2. The number of carbonyl (C=O) groups excluding carboxylic acids is 1. The van der Waals surface area contributed by atoms with E-state index in [4.69, 9.17) is 18.9 Å². The zero-order chi connectivity index (χ0) is 18.1. The van der Waals surface area contributed by atoms with Gasteiger partial charge in [0, 0.05) is 11.6 Å². The van der Waals surface area contributed by atoms with Crippen molar-refractivity contribution >= 4 is 12.0 Å². The molecule has 0 aliphatic carbocycles. The van der Waals surface area contributed by atoms with Gasteiger partial charge >= 0.3 is 5.97 Å². The second-order valence-corrected chi connectivity index (χ2v) is 5.25. The van der Waals surface area contributed by atoms with Crippen molar-refractivity contribution in [3.05, 3.63) is 59.7 Å². The van der Waals surface area contributed by atoms with E-state index in [1.807, 2.05) is 43.3 Å². The molecule has 132 valence electrons. The van der Waals surface area contributed by atoms with Gasteiger partial charge in [-0.3, -0.25) is 0 Å². The van der Waals surface area contributed by atoms with E-state index in [1.54, 1.807) is 26.4 Å². The van der Waals surface area contributed by atoms with E-state index < -0.39 is 5.97 Å². The lowest BCUT2D eigenvalue weighted by atomic mass is 10.1. The molecule has 2 aromatic rings. The number of aryl methyl sites for hydroxylation is 1. The molecule has 25 heavy (non-hydrogen) atoms. The molecule has 0 bridgehead atoms. The summed E-state index contributed by atoms with van der Waals surface area (Å²) < 4.78 is 21.1. The number of methoxy groups -OCH3 is 2. The third kappa shape index (κ3) is 5.57. The van der Waals surface area contributed by atoms with Gasteiger partial charge in [0.05, 0.1) is 14.2 Å². The number of carbonyl (C=O) groups is 1. The van der Waals surface area contributed by atoms with Crippen molar-refractivity contribution < 1.29 is 23.7 Å². The minimum atomic E-state index is -0.447. The van der Waals surface area contributed by atoms with Crippen molar-refractivity contribution in [2.45, 2.75) is 6.92 Å². The van der Waals surface area contributed by atoms with Gasteiger partial charge in [-0.15, -0.1) is 0 Å². The number of hydrogen-bond donors (Lipinski definition) is 0. The maximum absolute atomic E-state index is 11.8. The third-order valence-electron chi connectivity index (χ3n) is 3.45. The molecule has 0 heterocycles. The zero-order valence-corrected chi connectivity index (χ0v) is 14.7. The van der Waals surface area contributed by atoms with E-state index in [-0.39, 0.29) is 6.61 Å². The first kappa shape index (κ1) is 18.4. The third-order valence-corrected chi connectivity index (χ3v) is 3.45. The molecule has 0 amide bonds. The molecule has 0 atom stereocenters. The molecule has 0 N–H and O–H groups in total. The molecule has 0 aliphatic heterocycles. The van der Waals surface area contributed by atoms with Crippen molar-refractivity contribution in [2.75, 3.05) is 27.4 Å². The summed E-state index contributed by atoms with van der Waals surface area (Å²) in [6.07, 6.45) is 2.98. The maximum Gasteiger partial charge on any atom is 0.330 e. The predicted molar refractivity (Wildman–Crippen MR) is 96.2 cm³/mol. The fourth-order valence-electron chi connectivity index (χ4n) is 2.19. The normalized spacial score (nSPS) is 10.5. The van der Waals surface area contributed by atoms with Crippen molar-refractivity contribution in [1.29, 1.82) is 0 Å². The minimum absolute atomic E-state index is 0.173. The Kier molecular flexibility index (Phi) is 6.89. The standard InChI is InChI=1S/C20H22O5/c1-15-7-10-17(11-8-15)24-13-14-25-19(21)12-9-16-5-4-6-18(22-2)20(16)23-3/h4-12H,13-14H2,1-3H3/b12-9+. The van der Waals surface area contributed by atoms with Crippen LogP contribution >= 0.6 is 0 Å². The summed E-state index contributed by atoms with van der Waals surface area (Å²) in [5, 5.41) is 0. The van der Waals surface area contributed by atoms with Crippen LogP contribution < -0.4 is 14.2 Å². The molecule has 2 aromatic carbocycles. The fourth-order valence-corrected chi connectivity index (χ4v) is 2.19. The van der Waals surface area contributed by atoms with E-state index in [1.165, 1.54) is 6.08 Å². The lowest BCUT2D eigenvalue weighted by Gasteiger charge is -2.09. The largest absolute Gasteiger partial charge is 0.493 e. The van der Waals surface area contributed by atoms with Gasteiger partial charge in [0.15, 0.2) is 11.5 Å². The quantitative estimate of drug-likeness (QED) is 0.416. The summed E-state index contributed by atoms with van der Waals surface area (Å²) in [6, 6.07) is 13.1. The Balaban J connectivity index is 1.82. The monoisotopic (exact) mass is 342 g/mol. The Hall–Kier alpha value is -2.95. The van der Waals surface area contributed by atoms with Gasteiger partial charge in [-0.05, 0) is 31.2 Å². The molecular formula is C20H22O5. The Morgan fingerprint density at radius 3 is 2.44 bits per heavy atom. The van der Waals surface area contributed by atoms with Crippen molar-refractivity contribution in [3.63, 3.8) is 0 Å². The van der Waals surface area contributed by atoms with Gasteiger partial charge in [-0.1, -0.05) is 29.8 Å². The minimum Gasteiger partial charge on any atom is -0.493 e. The van der Waals surface area contributed by atoms with E-state index in [0.29, 0.717) is 18.1 Å². The van der Waals surface area contributed by atoms with Gasteiger partial charge in [-0.25, -0.2) is 4.79 Å². The van der Waals surface area contributed by atoms with Crippen LogP contribution in [0.1, 0.15) is 11.1 Å². The van der Waals surface area contributed by atoms with Crippen LogP contribution in [-0.4, -0.2) is 33.4 Å². The summed E-state index contributed by atoms with van der Waals surface area (Å²) in [4.78, 5) is 11.8. The van der Waals surface area contributed by atoms with Crippen molar-refractivity contribution in [3.8, 4) is 17.2 Å². The molecule has 0 aliphatic rings. The topological polar surface area (TPSA) is 54.0 Å². The van der Waals surface area contributed by atoms with Crippen LogP contribution in [-0.2, 0) is 9.53 Å². The number of ether oxygens (including phenoxy) is 4. The zero-order valence-electron chi connectivity index (χ0n) is 14.7. The number of hydrogen-bond acceptors (Lipinski definition) is 5. The lowest BCUT2D eigenvalue weighted by molar-refractivity contribution is -0.138. The lowest BCUT2D eigenvalue weighted by Crippen LogP contribution is -2.10. The number of para-hydroxylation sites is 1. The average molecular weight is 342 g/mol. The smallest absolute Gasteiger partial charge is 0.330 e. The molecule has 5 nitrogen and oxygen atoms in total. The van der Waals surface area contributed by atoms with E-state index in [9.17, 15) is 4.79 Å². The van der Waals surface area contributed by atoms with Crippen LogP contribution in [0, 0.1) is 6.92 Å². The second-order valence-electron chi connectivity index (χ2n) is 5.25. The molecule has 0 unspecified atom stereocenters. The molecule has 0 aromatic heterocycles. The Bertz CT molecular complexity index is 719. The maximum atomic E-state index is 11.8. The van der Waals surface area contributed by atoms with E-state index in [2.05, 4.69) is 0 Å². The fraction of sp³-hybridized carbons (Fsp3) is 0.250. The van der Waals surface area contributed by atoms with Crippen LogP contribution in [0.3, 0.4) is 0 Å². The van der Waals surface area contributed by atoms with Crippen LogP contribution in [0.2, 0.25) is 0 Å².